The second kappa shape index (κ2) is 8.82. The summed E-state index contributed by atoms with van der Waals surface area (Å²) in [5.74, 6) is -0.400. The standard InChI is InChI=1S/C19H20BrClN2O4S/c1-27-17-9-6-15(21)11-18(17)28(25,26)23-10-2-3-13(12-23)19(24)22-16-7-4-14(20)5-8-16/h4-9,11,13H,2-3,10,12H2,1H3,(H,22,24)/t13-/m1/s1. The number of benzene rings is 2. The number of hydrogen-bond acceptors (Lipinski definition) is 4. The lowest BCUT2D eigenvalue weighted by molar-refractivity contribution is -0.120. The van der Waals surface area contributed by atoms with Crippen LogP contribution in [0.2, 0.25) is 5.02 Å². The summed E-state index contributed by atoms with van der Waals surface area (Å²) in [6.07, 6.45) is 1.22. The van der Waals surface area contributed by atoms with E-state index in [1.807, 2.05) is 12.1 Å². The van der Waals surface area contributed by atoms with Gasteiger partial charge in [-0.3, -0.25) is 4.79 Å². The van der Waals surface area contributed by atoms with Gasteiger partial charge in [0.15, 0.2) is 0 Å². The predicted octanol–water partition coefficient (Wildman–Crippen LogP) is 4.15. The molecule has 2 aromatic carbocycles. The van der Waals surface area contributed by atoms with Gasteiger partial charge in [0.2, 0.25) is 15.9 Å². The van der Waals surface area contributed by atoms with Crippen LogP contribution in [0.3, 0.4) is 0 Å². The van der Waals surface area contributed by atoms with E-state index in [2.05, 4.69) is 21.2 Å². The summed E-state index contributed by atoms with van der Waals surface area (Å²) in [5.41, 5.74) is 0.671. The number of nitrogens with one attached hydrogen (secondary N) is 1. The molecule has 150 valence electrons. The van der Waals surface area contributed by atoms with Crippen molar-refractivity contribution >= 4 is 49.1 Å². The lowest BCUT2D eigenvalue weighted by Crippen LogP contribution is -2.43. The third-order valence-corrected chi connectivity index (χ3v) is 7.26. The molecule has 3 rings (SSSR count). The number of rotatable bonds is 5. The summed E-state index contributed by atoms with van der Waals surface area (Å²) in [6.45, 7) is 0.459. The number of amides is 1. The van der Waals surface area contributed by atoms with Crippen LogP contribution in [0.5, 0.6) is 5.75 Å². The number of piperidine rings is 1. The molecule has 1 atom stereocenters. The number of ether oxygens (including phenoxy) is 1. The van der Waals surface area contributed by atoms with E-state index in [9.17, 15) is 13.2 Å². The first-order valence-corrected chi connectivity index (χ1v) is 11.3. The highest BCUT2D eigenvalue weighted by Crippen LogP contribution is 2.32. The molecule has 9 heteroatoms. The van der Waals surface area contributed by atoms with E-state index in [4.69, 9.17) is 16.3 Å². The lowest BCUT2D eigenvalue weighted by Gasteiger charge is -2.31. The summed E-state index contributed by atoms with van der Waals surface area (Å²) in [5, 5.41) is 3.16. The van der Waals surface area contributed by atoms with Gasteiger partial charge in [0.25, 0.3) is 0 Å². The summed E-state index contributed by atoms with van der Waals surface area (Å²) in [6, 6.07) is 11.7. The molecule has 6 nitrogen and oxygen atoms in total. The maximum absolute atomic E-state index is 13.1. The van der Waals surface area contributed by atoms with E-state index in [1.54, 1.807) is 18.2 Å². The number of methoxy groups -OCH3 is 1. The van der Waals surface area contributed by atoms with E-state index in [1.165, 1.54) is 23.5 Å². The largest absolute Gasteiger partial charge is 0.495 e. The monoisotopic (exact) mass is 486 g/mol. The van der Waals surface area contributed by atoms with Crippen LogP contribution in [0.4, 0.5) is 5.69 Å². The zero-order valence-corrected chi connectivity index (χ0v) is 18.4. The van der Waals surface area contributed by atoms with Crippen molar-refractivity contribution in [3.05, 3.63) is 52.0 Å². The fourth-order valence-electron chi connectivity index (χ4n) is 3.14. The second-order valence-corrected chi connectivity index (χ2v) is 9.75. The Bertz CT molecular complexity index is 966. The van der Waals surface area contributed by atoms with E-state index in [-0.39, 0.29) is 23.1 Å². The minimum absolute atomic E-state index is 0.0106. The van der Waals surface area contributed by atoms with Crippen molar-refractivity contribution in [3.63, 3.8) is 0 Å². The molecule has 1 aliphatic rings. The fraction of sp³-hybridized carbons (Fsp3) is 0.316. The van der Waals surface area contributed by atoms with Gasteiger partial charge in [0.1, 0.15) is 10.6 Å². The van der Waals surface area contributed by atoms with Gasteiger partial charge in [0, 0.05) is 28.3 Å². The zero-order chi connectivity index (χ0) is 20.3. The van der Waals surface area contributed by atoms with Crippen molar-refractivity contribution in [3.8, 4) is 5.75 Å². The Morgan fingerprint density at radius 3 is 2.64 bits per heavy atom. The molecule has 0 radical (unpaired) electrons. The molecule has 0 saturated carbocycles. The van der Waals surface area contributed by atoms with Crippen LogP contribution in [0, 0.1) is 5.92 Å². The van der Waals surface area contributed by atoms with Crippen molar-refractivity contribution in [2.24, 2.45) is 5.92 Å². The highest BCUT2D eigenvalue weighted by molar-refractivity contribution is 9.10. The van der Waals surface area contributed by atoms with E-state index < -0.39 is 15.9 Å². The SMILES string of the molecule is COc1ccc(Cl)cc1S(=O)(=O)N1CCC[C@@H](C(=O)Nc2ccc(Br)cc2)C1. The quantitative estimate of drug-likeness (QED) is 0.687. The van der Waals surface area contributed by atoms with Crippen molar-refractivity contribution in [2.45, 2.75) is 17.7 Å². The minimum atomic E-state index is -3.83. The molecule has 1 aliphatic heterocycles. The Kier molecular flexibility index (Phi) is 6.65. The van der Waals surface area contributed by atoms with Gasteiger partial charge in [-0.1, -0.05) is 27.5 Å². The van der Waals surface area contributed by atoms with E-state index >= 15 is 0 Å². The van der Waals surface area contributed by atoms with Crippen LogP contribution >= 0.6 is 27.5 Å². The summed E-state index contributed by atoms with van der Waals surface area (Å²) < 4.78 is 33.7. The van der Waals surface area contributed by atoms with Crippen LogP contribution in [0.15, 0.2) is 51.8 Å². The molecule has 1 saturated heterocycles. The molecule has 0 spiro atoms. The topological polar surface area (TPSA) is 75.7 Å². The Morgan fingerprint density at radius 2 is 1.96 bits per heavy atom. The number of hydrogen-bond donors (Lipinski definition) is 1. The normalized spacial score (nSPS) is 17.9. The maximum Gasteiger partial charge on any atom is 0.246 e. The van der Waals surface area contributed by atoms with Crippen molar-refractivity contribution in [1.82, 2.24) is 4.31 Å². The highest BCUT2D eigenvalue weighted by Gasteiger charge is 2.35. The van der Waals surface area contributed by atoms with Gasteiger partial charge in [0.05, 0.1) is 13.0 Å². The molecule has 0 bridgehead atoms. The van der Waals surface area contributed by atoms with Gasteiger partial charge in [-0.15, -0.1) is 0 Å². The molecular formula is C19H20BrClN2O4S. The molecule has 1 amide bonds. The molecule has 0 aliphatic carbocycles. The molecule has 0 unspecified atom stereocenters. The zero-order valence-electron chi connectivity index (χ0n) is 15.2. The van der Waals surface area contributed by atoms with Crippen LogP contribution in [-0.2, 0) is 14.8 Å². The number of carbonyl (C=O) groups is 1. The molecule has 1 fully saturated rings. The Labute approximate surface area is 178 Å². The first kappa shape index (κ1) is 21.1. The van der Waals surface area contributed by atoms with Crippen LogP contribution < -0.4 is 10.1 Å². The van der Waals surface area contributed by atoms with Gasteiger partial charge in [-0.2, -0.15) is 4.31 Å². The lowest BCUT2D eigenvalue weighted by atomic mass is 9.99. The molecule has 28 heavy (non-hydrogen) atoms. The summed E-state index contributed by atoms with van der Waals surface area (Å²) in [7, 11) is -2.42. The van der Waals surface area contributed by atoms with Crippen molar-refractivity contribution in [2.75, 3.05) is 25.5 Å². The summed E-state index contributed by atoms with van der Waals surface area (Å²) in [4.78, 5) is 12.7. The highest BCUT2D eigenvalue weighted by atomic mass is 79.9. The number of anilines is 1. The number of carbonyl (C=O) groups excluding carboxylic acids is 1. The van der Waals surface area contributed by atoms with Gasteiger partial charge >= 0.3 is 0 Å². The van der Waals surface area contributed by atoms with Crippen LogP contribution in [0.1, 0.15) is 12.8 Å². The third-order valence-electron chi connectivity index (χ3n) is 4.61. The maximum atomic E-state index is 13.1. The van der Waals surface area contributed by atoms with Crippen molar-refractivity contribution < 1.29 is 17.9 Å². The molecule has 2 aromatic rings. The molecule has 0 aromatic heterocycles. The number of halogens is 2. The average Bonchev–Trinajstić information content (AvgIpc) is 2.69. The minimum Gasteiger partial charge on any atom is -0.495 e. The van der Waals surface area contributed by atoms with Gasteiger partial charge < -0.3 is 10.1 Å². The van der Waals surface area contributed by atoms with Gasteiger partial charge in [-0.25, -0.2) is 8.42 Å². The first-order chi connectivity index (χ1) is 13.3. The molecular weight excluding hydrogens is 468 g/mol. The predicted molar refractivity (Wildman–Crippen MR) is 112 cm³/mol. The molecule has 1 N–H and O–H groups in total. The molecule has 1 heterocycles. The fourth-order valence-corrected chi connectivity index (χ4v) is 5.35. The average molecular weight is 488 g/mol. The Morgan fingerprint density at radius 1 is 1.25 bits per heavy atom. The first-order valence-electron chi connectivity index (χ1n) is 8.71. The number of sulfonamides is 1. The van der Waals surface area contributed by atoms with E-state index in [0.29, 0.717) is 30.1 Å². The smallest absolute Gasteiger partial charge is 0.246 e. The Balaban J connectivity index is 1.78. The van der Waals surface area contributed by atoms with Crippen LogP contribution in [-0.4, -0.2) is 38.8 Å². The van der Waals surface area contributed by atoms with Crippen LogP contribution in [0.25, 0.3) is 0 Å². The summed E-state index contributed by atoms with van der Waals surface area (Å²) >= 11 is 9.34. The third kappa shape index (κ3) is 4.68. The second-order valence-electron chi connectivity index (χ2n) is 6.49. The van der Waals surface area contributed by atoms with Gasteiger partial charge in [-0.05, 0) is 55.3 Å². The van der Waals surface area contributed by atoms with E-state index in [0.717, 1.165) is 4.47 Å². The Hall–Kier alpha value is -1.61. The number of nitrogens with zero attached hydrogens (tertiary/aromatic N) is 1. The van der Waals surface area contributed by atoms with Crippen molar-refractivity contribution in [1.29, 1.82) is 0 Å².